The van der Waals surface area contributed by atoms with Crippen molar-refractivity contribution < 1.29 is 26.4 Å². The largest absolute Gasteiger partial charge is 0.455 e. The van der Waals surface area contributed by atoms with E-state index in [2.05, 4.69) is 15.3 Å². The lowest BCUT2D eigenvalue weighted by Gasteiger charge is -2.21. The van der Waals surface area contributed by atoms with Gasteiger partial charge in [-0.25, -0.2) is 27.2 Å². The summed E-state index contributed by atoms with van der Waals surface area (Å²) in [6.07, 6.45) is 2.70. The van der Waals surface area contributed by atoms with Crippen LogP contribution in [0.15, 0.2) is 77.3 Å². The molecule has 42 heavy (non-hydrogen) atoms. The van der Waals surface area contributed by atoms with Crippen LogP contribution in [0.4, 0.5) is 14.5 Å². The Labute approximate surface area is 243 Å². The van der Waals surface area contributed by atoms with Crippen molar-refractivity contribution in [2.24, 2.45) is 0 Å². The van der Waals surface area contributed by atoms with Crippen molar-refractivity contribution in [3.05, 3.63) is 90.1 Å². The SMILES string of the molecule is CNC(=O)c1c(-c2ccc(F)cc2)oc2cc(N(C)S(C)(=O)=O)c(-c3cc(-c4nc5cccnc5s4)ccc3F)cc12. The van der Waals surface area contributed by atoms with Crippen LogP contribution in [0.3, 0.4) is 0 Å². The fourth-order valence-corrected chi connectivity index (χ4v) is 6.11. The van der Waals surface area contributed by atoms with Crippen molar-refractivity contribution >= 4 is 54.3 Å². The number of carbonyl (C=O) groups excluding carboxylic acids is 1. The molecule has 0 saturated carbocycles. The van der Waals surface area contributed by atoms with Crippen molar-refractivity contribution in [1.82, 2.24) is 15.3 Å². The van der Waals surface area contributed by atoms with Crippen molar-refractivity contribution in [2.45, 2.75) is 0 Å². The molecule has 0 spiro atoms. The molecule has 1 amide bonds. The van der Waals surface area contributed by atoms with Gasteiger partial charge in [-0.3, -0.25) is 9.10 Å². The molecule has 3 aromatic carbocycles. The third kappa shape index (κ3) is 4.78. The highest BCUT2D eigenvalue weighted by Crippen LogP contribution is 2.43. The summed E-state index contributed by atoms with van der Waals surface area (Å²) in [5.41, 5.74) is 2.51. The number of carbonyl (C=O) groups is 1. The topological polar surface area (TPSA) is 105 Å². The van der Waals surface area contributed by atoms with Crippen LogP contribution in [0.2, 0.25) is 0 Å². The molecule has 6 rings (SSSR count). The number of rotatable bonds is 6. The predicted molar refractivity (Wildman–Crippen MR) is 160 cm³/mol. The van der Waals surface area contributed by atoms with E-state index in [0.717, 1.165) is 15.4 Å². The van der Waals surface area contributed by atoms with Gasteiger partial charge in [0.05, 0.1) is 17.5 Å². The number of nitrogens with zero attached hydrogens (tertiary/aromatic N) is 3. The van der Waals surface area contributed by atoms with Gasteiger partial charge in [0.2, 0.25) is 10.0 Å². The van der Waals surface area contributed by atoms with Crippen LogP contribution < -0.4 is 9.62 Å². The van der Waals surface area contributed by atoms with Gasteiger partial charge < -0.3 is 9.73 Å². The molecule has 6 aromatic rings. The zero-order chi connectivity index (χ0) is 29.8. The second-order valence-electron chi connectivity index (χ2n) is 9.53. The lowest BCUT2D eigenvalue weighted by molar-refractivity contribution is 0.0964. The number of pyridine rings is 1. The molecule has 0 aliphatic heterocycles. The van der Waals surface area contributed by atoms with E-state index in [4.69, 9.17) is 4.42 Å². The molecule has 0 aliphatic rings. The number of furan rings is 1. The zero-order valence-electron chi connectivity index (χ0n) is 22.5. The first-order chi connectivity index (χ1) is 20.0. The minimum absolute atomic E-state index is 0.0968. The van der Waals surface area contributed by atoms with Crippen LogP contribution in [0.5, 0.6) is 0 Å². The van der Waals surface area contributed by atoms with Gasteiger partial charge >= 0.3 is 0 Å². The second-order valence-corrected chi connectivity index (χ2v) is 12.5. The molecule has 0 unspecified atom stereocenters. The standard InChI is InChI=1S/C30H22F2N4O4S2/c1-33-28(37)26-21-14-20(19-13-17(8-11-22(19)32)29-35-23-5-4-12-34-30(23)41-29)24(36(2)42(3,38)39)15-25(21)40-27(26)16-6-9-18(31)10-7-16/h4-15H,1-3H3,(H,33,37). The van der Waals surface area contributed by atoms with Crippen LogP contribution >= 0.6 is 11.3 Å². The van der Waals surface area contributed by atoms with Gasteiger partial charge in [-0.15, -0.1) is 0 Å². The number of sulfonamides is 1. The second kappa shape index (κ2) is 10.3. The number of thiazole rings is 1. The molecule has 0 aliphatic carbocycles. The van der Waals surface area contributed by atoms with Crippen LogP contribution in [0.1, 0.15) is 10.4 Å². The molecule has 0 saturated heterocycles. The Kier molecular flexibility index (Phi) is 6.74. The Morgan fingerprint density at radius 2 is 1.74 bits per heavy atom. The van der Waals surface area contributed by atoms with Crippen LogP contribution in [-0.2, 0) is 10.0 Å². The fraction of sp³-hybridized carbons (Fsp3) is 0.100. The Morgan fingerprint density at radius 3 is 2.43 bits per heavy atom. The number of hydrogen-bond donors (Lipinski definition) is 1. The average molecular weight is 605 g/mol. The molecule has 0 bridgehead atoms. The molecule has 0 fully saturated rings. The first-order valence-corrected chi connectivity index (χ1v) is 15.3. The summed E-state index contributed by atoms with van der Waals surface area (Å²) >= 11 is 1.34. The third-order valence-electron chi connectivity index (χ3n) is 6.87. The number of fused-ring (bicyclic) bond motifs is 2. The Bertz CT molecular complexity index is 2090. The Balaban J connectivity index is 1.64. The summed E-state index contributed by atoms with van der Waals surface area (Å²) in [4.78, 5) is 22.8. The normalized spacial score (nSPS) is 11.7. The summed E-state index contributed by atoms with van der Waals surface area (Å²) in [5, 5.41) is 3.52. The molecule has 1 N–H and O–H groups in total. The number of hydrogen-bond acceptors (Lipinski definition) is 7. The van der Waals surface area contributed by atoms with Crippen LogP contribution in [0.25, 0.3) is 54.3 Å². The van der Waals surface area contributed by atoms with E-state index in [1.54, 1.807) is 24.4 Å². The molecule has 3 aromatic heterocycles. The maximum Gasteiger partial charge on any atom is 0.255 e. The van der Waals surface area contributed by atoms with Crippen molar-refractivity contribution in [3.63, 3.8) is 0 Å². The Hall–Kier alpha value is -4.68. The number of benzene rings is 3. The summed E-state index contributed by atoms with van der Waals surface area (Å²) in [5.74, 6) is -1.40. The van der Waals surface area contributed by atoms with E-state index < -0.39 is 27.6 Å². The molecular formula is C30H22F2N4O4S2. The number of nitrogens with one attached hydrogen (secondary N) is 1. The van der Waals surface area contributed by atoms with Gasteiger partial charge in [-0.2, -0.15) is 0 Å². The molecule has 8 nitrogen and oxygen atoms in total. The maximum atomic E-state index is 15.6. The third-order valence-corrected chi connectivity index (χ3v) is 9.09. The van der Waals surface area contributed by atoms with E-state index in [9.17, 15) is 17.6 Å². The molecule has 0 radical (unpaired) electrons. The molecule has 12 heteroatoms. The highest BCUT2D eigenvalue weighted by atomic mass is 32.2. The van der Waals surface area contributed by atoms with E-state index >= 15 is 4.39 Å². The fourth-order valence-electron chi connectivity index (χ4n) is 4.70. The van der Waals surface area contributed by atoms with E-state index in [1.165, 1.54) is 67.9 Å². The zero-order valence-corrected chi connectivity index (χ0v) is 24.1. The number of amides is 1. The molecule has 3 heterocycles. The molecule has 212 valence electrons. The van der Waals surface area contributed by atoms with Gasteiger partial charge in [0.1, 0.15) is 38.3 Å². The minimum Gasteiger partial charge on any atom is -0.455 e. The van der Waals surface area contributed by atoms with E-state index in [-0.39, 0.29) is 33.7 Å². The minimum atomic E-state index is -3.80. The average Bonchev–Trinajstić information content (AvgIpc) is 3.57. The van der Waals surface area contributed by atoms with Crippen LogP contribution in [-0.4, -0.2) is 44.6 Å². The highest BCUT2D eigenvalue weighted by molar-refractivity contribution is 7.92. The monoisotopic (exact) mass is 604 g/mol. The van der Waals surface area contributed by atoms with Crippen molar-refractivity contribution in [3.8, 4) is 33.0 Å². The number of halogens is 2. The lowest BCUT2D eigenvalue weighted by atomic mass is 9.97. The lowest BCUT2D eigenvalue weighted by Crippen LogP contribution is -2.25. The van der Waals surface area contributed by atoms with E-state index in [1.807, 2.05) is 6.07 Å². The van der Waals surface area contributed by atoms with Crippen LogP contribution in [0, 0.1) is 11.6 Å². The van der Waals surface area contributed by atoms with Gasteiger partial charge in [0.15, 0.2) is 0 Å². The van der Waals surface area contributed by atoms with Gasteiger partial charge in [-0.05, 0) is 60.7 Å². The van der Waals surface area contributed by atoms with Crippen molar-refractivity contribution in [1.29, 1.82) is 0 Å². The highest BCUT2D eigenvalue weighted by Gasteiger charge is 2.27. The maximum absolute atomic E-state index is 15.6. The quantitative estimate of drug-likeness (QED) is 0.234. The van der Waals surface area contributed by atoms with Crippen molar-refractivity contribution in [2.75, 3.05) is 24.7 Å². The van der Waals surface area contributed by atoms with Gasteiger partial charge in [-0.1, -0.05) is 11.3 Å². The van der Waals surface area contributed by atoms with Gasteiger partial charge in [0.25, 0.3) is 5.91 Å². The first-order valence-electron chi connectivity index (χ1n) is 12.6. The Morgan fingerprint density at radius 1 is 1.00 bits per heavy atom. The van der Waals surface area contributed by atoms with Gasteiger partial charge in [0, 0.05) is 54.0 Å². The molecule has 0 atom stereocenters. The summed E-state index contributed by atoms with van der Waals surface area (Å²) in [6, 6.07) is 16.5. The summed E-state index contributed by atoms with van der Waals surface area (Å²) in [7, 11) is -0.991. The van der Waals surface area contributed by atoms with E-state index in [0.29, 0.717) is 27.0 Å². The predicted octanol–water partition coefficient (Wildman–Crippen LogP) is 6.47. The smallest absolute Gasteiger partial charge is 0.255 e. The summed E-state index contributed by atoms with van der Waals surface area (Å²) < 4.78 is 61.8. The number of anilines is 1. The first kappa shape index (κ1) is 27.5. The summed E-state index contributed by atoms with van der Waals surface area (Å²) in [6.45, 7) is 0. The molecular weight excluding hydrogens is 582 g/mol. The number of aromatic nitrogens is 2.